The van der Waals surface area contributed by atoms with Gasteiger partial charge in [0, 0.05) is 24.4 Å². The van der Waals surface area contributed by atoms with E-state index in [1.54, 1.807) is 12.1 Å². The average molecular weight is 392 g/mol. The van der Waals surface area contributed by atoms with E-state index in [0.717, 1.165) is 12.4 Å². The number of carbonyl (C=O) groups excluding carboxylic acids is 1. The molecular formula is C15H10Cl2F3N3O2. The Morgan fingerprint density at radius 2 is 1.92 bits per heavy atom. The number of fused-ring (bicyclic) bond motifs is 1. The third-order valence-electron chi connectivity index (χ3n) is 3.58. The Morgan fingerprint density at radius 1 is 1.24 bits per heavy atom. The number of nitrogens with zero attached hydrogens (tertiary/aromatic N) is 2. The highest BCUT2D eigenvalue weighted by Gasteiger charge is 2.34. The predicted octanol–water partition coefficient (Wildman–Crippen LogP) is 4.06. The first-order chi connectivity index (χ1) is 11.8. The largest absolute Gasteiger partial charge is 0.492 e. The van der Waals surface area contributed by atoms with Gasteiger partial charge >= 0.3 is 6.18 Å². The Morgan fingerprint density at radius 3 is 2.56 bits per heavy atom. The summed E-state index contributed by atoms with van der Waals surface area (Å²) in [5.74, 6) is -1.52. The van der Waals surface area contributed by atoms with Gasteiger partial charge in [-0.3, -0.25) is 4.79 Å². The molecule has 0 aliphatic carbocycles. The SMILES string of the molecule is O=C(NC1CCOc2c1ccc(Cl)c2Cl)c1cnc(C(F)(F)F)nc1. The van der Waals surface area contributed by atoms with Crippen LogP contribution in [0.3, 0.4) is 0 Å². The number of ether oxygens (including phenoxy) is 1. The van der Waals surface area contributed by atoms with Crippen LogP contribution in [0.2, 0.25) is 10.0 Å². The molecule has 1 aliphatic heterocycles. The van der Waals surface area contributed by atoms with Crippen molar-refractivity contribution in [2.45, 2.75) is 18.6 Å². The Hall–Kier alpha value is -2.06. The van der Waals surface area contributed by atoms with E-state index in [2.05, 4.69) is 15.3 Å². The van der Waals surface area contributed by atoms with Gasteiger partial charge in [-0.15, -0.1) is 0 Å². The van der Waals surface area contributed by atoms with E-state index in [1.807, 2.05) is 0 Å². The zero-order chi connectivity index (χ0) is 18.2. The number of alkyl halides is 3. The predicted molar refractivity (Wildman–Crippen MR) is 83.8 cm³/mol. The van der Waals surface area contributed by atoms with Crippen molar-refractivity contribution >= 4 is 29.1 Å². The first-order valence-electron chi connectivity index (χ1n) is 7.08. The number of aromatic nitrogens is 2. The molecule has 2 heterocycles. The first-order valence-corrected chi connectivity index (χ1v) is 7.84. The second kappa shape index (κ2) is 6.68. The zero-order valence-electron chi connectivity index (χ0n) is 12.4. The quantitative estimate of drug-likeness (QED) is 0.838. The highest BCUT2D eigenvalue weighted by Crippen LogP contribution is 2.41. The third kappa shape index (κ3) is 3.64. The standard InChI is InChI=1S/C15H10Cl2F3N3O2/c16-9-2-1-8-10(3-4-25-12(8)11(9)17)23-13(24)7-5-21-14(22-6-7)15(18,19)20/h1-2,5-6,10H,3-4H2,(H,23,24). The molecule has 132 valence electrons. The number of hydrogen-bond acceptors (Lipinski definition) is 4. The van der Waals surface area contributed by atoms with Crippen LogP contribution < -0.4 is 10.1 Å². The normalized spacial score (nSPS) is 16.8. The van der Waals surface area contributed by atoms with Crippen LogP contribution >= 0.6 is 23.2 Å². The van der Waals surface area contributed by atoms with Gasteiger partial charge in [-0.1, -0.05) is 29.3 Å². The number of hydrogen-bond donors (Lipinski definition) is 1. The van der Waals surface area contributed by atoms with Crippen LogP contribution in [0.25, 0.3) is 0 Å². The maximum absolute atomic E-state index is 12.5. The summed E-state index contributed by atoms with van der Waals surface area (Å²) in [6.07, 6.45) is -2.52. The van der Waals surface area contributed by atoms with Gasteiger partial charge in [0.1, 0.15) is 10.8 Å². The van der Waals surface area contributed by atoms with Crippen LogP contribution in [-0.2, 0) is 6.18 Å². The van der Waals surface area contributed by atoms with E-state index < -0.39 is 23.9 Å². The summed E-state index contributed by atoms with van der Waals surface area (Å²) in [7, 11) is 0. The summed E-state index contributed by atoms with van der Waals surface area (Å²) in [5.41, 5.74) is 0.558. The molecule has 1 aromatic heterocycles. The fourth-order valence-electron chi connectivity index (χ4n) is 2.39. The fourth-order valence-corrected chi connectivity index (χ4v) is 2.76. The molecule has 1 aliphatic rings. The molecule has 1 amide bonds. The Bertz CT molecular complexity index is 813. The lowest BCUT2D eigenvalue weighted by atomic mass is 10.00. The molecule has 1 unspecified atom stereocenters. The molecule has 25 heavy (non-hydrogen) atoms. The van der Waals surface area contributed by atoms with Crippen molar-refractivity contribution in [2.24, 2.45) is 0 Å². The van der Waals surface area contributed by atoms with E-state index >= 15 is 0 Å². The third-order valence-corrected chi connectivity index (χ3v) is 4.37. The first kappa shape index (κ1) is 17.8. The van der Waals surface area contributed by atoms with Gasteiger partial charge < -0.3 is 10.1 Å². The minimum absolute atomic E-state index is 0.0823. The lowest BCUT2D eigenvalue weighted by Crippen LogP contribution is -2.32. The maximum Gasteiger partial charge on any atom is 0.451 e. The van der Waals surface area contributed by atoms with Crippen LogP contribution in [0.4, 0.5) is 13.2 Å². The van der Waals surface area contributed by atoms with Crippen molar-refractivity contribution in [1.82, 2.24) is 15.3 Å². The van der Waals surface area contributed by atoms with Crippen LogP contribution in [0, 0.1) is 0 Å². The van der Waals surface area contributed by atoms with Crippen LogP contribution in [0.1, 0.15) is 34.2 Å². The molecule has 1 atom stereocenters. The van der Waals surface area contributed by atoms with Crippen LogP contribution in [0.5, 0.6) is 5.75 Å². The maximum atomic E-state index is 12.5. The van der Waals surface area contributed by atoms with Gasteiger partial charge in [-0.2, -0.15) is 13.2 Å². The summed E-state index contributed by atoms with van der Waals surface area (Å²) in [6.45, 7) is 0.307. The highest BCUT2D eigenvalue weighted by molar-refractivity contribution is 6.43. The van der Waals surface area contributed by atoms with Crippen molar-refractivity contribution in [1.29, 1.82) is 0 Å². The number of rotatable bonds is 2. The van der Waals surface area contributed by atoms with Gasteiger partial charge in [0.05, 0.1) is 23.2 Å². The number of benzene rings is 1. The number of nitrogens with one attached hydrogen (secondary N) is 1. The number of halogens is 5. The van der Waals surface area contributed by atoms with Crippen molar-refractivity contribution in [3.63, 3.8) is 0 Å². The molecular weight excluding hydrogens is 382 g/mol. The molecule has 0 saturated carbocycles. The van der Waals surface area contributed by atoms with Crippen molar-refractivity contribution in [2.75, 3.05) is 6.61 Å². The monoisotopic (exact) mass is 391 g/mol. The lowest BCUT2D eigenvalue weighted by molar-refractivity contribution is -0.145. The van der Waals surface area contributed by atoms with Crippen LogP contribution in [0.15, 0.2) is 24.5 Å². The fraction of sp³-hybridized carbons (Fsp3) is 0.267. The molecule has 0 radical (unpaired) electrons. The average Bonchev–Trinajstić information content (AvgIpc) is 2.58. The summed E-state index contributed by atoms with van der Waals surface area (Å²) >= 11 is 12.0. The molecule has 0 fully saturated rings. The topological polar surface area (TPSA) is 64.1 Å². The molecule has 10 heteroatoms. The van der Waals surface area contributed by atoms with Crippen molar-refractivity contribution in [3.8, 4) is 5.75 Å². The Kier molecular flexibility index (Phi) is 4.75. The second-order valence-electron chi connectivity index (χ2n) is 5.24. The minimum atomic E-state index is -4.66. The van der Waals surface area contributed by atoms with E-state index in [4.69, 9.17) is 27.9 Å². The smallest absolute Gasteiger partial charge is 0.451 e. The molecule has 1 aromatic carbocycles. The van der Waals surface area contributed by atoms with Gasteiger partial charge in [0.2, 0.25) is 5.82 Å². The van der Waals surface area contributed by atoms with Gasteiger partial charge in [-0.05, 0) is 6.07 Å². The second-order valence-corrected chi connectivity index (χ2v) is 6.02. The summed E-state index contributed by atoms with van der Waals surface area (Å²) < 4.78 is 42.9. The lowest BCUT2D eigenvalue weighted by Gasteiger charge is -2.27. The highest BCUT2D eigenvalue weighted by atomic mass is 35.5. The van der Waals surface area contributed by atoms with Crippen LogP contribution in [-0.4, -0.2) is 22.5 Å². The number of amides is 1. The van der Waals surface area contributed by atoms with Crippen molar-refractivity contribution < 1.29 is 22.7 Å². The molecule has 0 spiro atoms. The molecule has 1 N–H and O–H groups in total. The molecule has 2 aromatic rings. The minimum Gasteiger partial charge on any atom is -0.492 e. The molecule has 5 nitrogen and oxygen atoms in total. The molecule has 0 saturated heterocycles. The van der Waals surface area contributed by atoms with E-state index in [1.165, 1.54) is 0 Å². The van der Waals surface area contributed by atoms with Gasteiger partial charge in [-0.25, -0.2) is 9.97 Å². The molecule has 3 rings (SSSR count). The Labute approximate surface area is 150 Å². The van der Waals surface area contributed by atoms with Gasteiger partial charge in [0.15, 0.2) is 0 Å². The van der Waals surface area contributed by atoms with E-state index in [9.17, 15) is 18.0 Å². The van der Waals surface area contributed by atoms with E-state index in [0.29, 0.717) is 29.4 Å². The molecule has 0 bridgehead atoms. The number of carbonyl (C=O) groups is 1. The Balaban J connectivity index is 1.80. The summed E-state index contributed by atoms with van der Waals surface area (Å²) in [5, 5.41) is 3.28. The van der Waals surface area contributed by atoms with Crippen molar-refractivity contribution in [3.05, 3.63) is 51.5 Å². The summed E-state index contributed by atoms with van der Waals surface area (Å²) in [4.78, 5) is 18.6. The zero-order valence-corrected chi connectivity index (χ0v) is 13.9. The van der Waals surface area contributed by atoms with Gasteiger partial charge in [0.25, 0.3) is 5.91 Å². The summed E-state index contributed by atoms with van der Waals surface area (Å²) in [6, 6.07) is 2.84. The van der Waals surface area contributed by atoms with E-state index in [-0.39, 0.29) is 10.6 Å².